The number of benzene rings is 3. The summed E-state index contributed by atoms with van der Waals surface area (Å²) in [6, 6.07) is 23.8. The number of halogens is 1. The summed E-state index contributed by atoms with van der Waals surface area (Å²) in [5.74, 6) is -0.709. The van der Waals surface area contributed by atoms with Gasteiger partial charge in [0.15, 0.2) is 0 Å². The van der Waals surface area contributed by atoms with E-state index in [1.54, 1.807) is 11.8 Å². The highest BCUT2D eigenvalue weighted by atomic mass is 35.5. The number of fused-ring (bicyclic) bond motifs is 2. The Labute approximate surface area is 179 Å². The van der Waals surface area contributed by atoms with Crippen molar-refractivity contribution in [2.24, 2.45) is 5.73 Å². The quantitative estimate of drug-likeness (QED) is 0.614. The molecule has 0 aliphatic heterocycles. The van der Waals surface area contributed by atoms with Crippen LogP contribution >= 0.6 is 23.4 Å². The van der Waals surface area contributed by atoms with E-state index in [0.717, 1.165) is 18.4 Å². The van der Waals surface area contributed by atoms with E-state index >= 15 is 0 Å². The van der Waals surface area contributed by atoms with Crippen molar-refractivity contribution in [3.63, 3.8) is 0 Å². The summed E-state index contributed by atoms with van der Waals surface area (Å²) in [6.45, 7) is 0. The van der Waals surface area contributed by atoms with Gasteiger partial charge in [0, 0.05) is 10.8 Å². The van der Waals surface area contributed by atoms with Crippen LogP contribution in [0.1, 0.15) is 27.8 Å². The summed E-state index contributed by atoms with van der Waals surface area (Å²) < 4.78 is -0.582. The van der Waals surface area contributed by atoms with Gasteiger partial charge in [-0.2, -0.15) is 0 Å². The zero-order valence-corrected chi connectivity index (χ0v) is 17.4. The van der Waals surface area contributed by atoms with Crippen LogP contribution in [0.25, 0.3) is 0 Å². The fourth-order valence-electron chi connectivity index (χ4n) is 4.12. The molecule has 3 N–H and O–H groups in total. The molecule has 3 aromatic carbocycles. The van der Waals surface area contributed by atoms with Gasteiger partial charge >= 0.3 is 5.97 Å². The lowest BCUT2D eigenvalue weighted by Crippen LogP contribution is -2.36. The van der Waals surface area contributed by atoms with Crippen molar-refractivity contribution in [1.29, 1.82) is 0 Å². The number of nitrogens with two attached hydrogens (primary N) is 1. The Bertz CT molecular complexity index is 1000. The molecule has 5 heteroatoms. The molecule has 3 aromatic rings. The Hall–Kier alpha value is -2.27. The number of carboxylic acids is 1. The standard InChI is InChI=1S/C24H22ClNO2S/c25-19-9-5-8-18(14-19)24(29-15-22(26)23(27)28)20-10-3-1-6-16(20)12-13-17-7-2-4-11-21(17)24/h1-11,14,22H,12-13,15,26H2,(H,27,28)/t22-/m0/s1. The van der Waals surface area contributed by atoms with Crippen molar-refractivity contribution in [2.45, 2.75) is 23.6 Å². The molecule has 1 aliphatic rings. The molecule has 1 atom stereocenters. The average Bonchev–Trinajstić information content (AvgIpc) is 2.87. The molecule has 1 aliphatic carbocycles. The first-order chi connectivity index (χ1) is 14.0. The molecular weight excluding hydrogens is 402 g/mol. The second-order valence-corrected chi connectivity index (χ2v) is 8.93. The van der Waals surface area contributed by atoms with E-state index < -0.39 is 16.8 Å². The average molecular weight is 424 g/mol. The molecule has 0 amide bonds. The number of rotatable bonds is 5. The molecule has 0 heterocycles. The van der Waals surface area contributed by atoms with E-state index in [0.29, 0.717) is 5.02 Å². The lowest BCUT2D eigenvalue weighted by Gasteiger charge is -2.37. The third-order valence-corrected chi connectivity index (χ3v) is 7.35. The van der Waals surface area contributed by atoms with Gasteiger partial charge in [0.05, 0.1) is 4.75 Å². The first-order valence-corrected chi connectivity index (χ1v) is 10.9. The van der Waals surface area contributed by atoms with Crippen molar-refractivity contribution in [3.05, 3.63) is 106 Å². The van der Waals surface area contributed by atoms with Crippen molar-refractivity contribution in [3.8, 4) is 0 Å². The first-order valence-electron chi connectivity index (χ1n) is 9.57. The number of aliphatic carboxylic acids is 1. The molecule has 0 saturated heterocycles. The molecule has 3 nitrogen and oxygen atoms in total. The molecule has 0 fully saturated rings. The smallest absolute Gasteiger partial charge is 0.321 e. The molecule has 0 bridgehead atoms. The second kappa shape index (κ2) is 8.23. The maximum absolute atomic E-state index is 11.5. The largest absolute Gasteiger partial charge is 0.480 e. The highest BCUT2D eigenvalue weighted by molar-refractivity contribution is 8.00. The molecule has 29 heavy (non-hydrogen) atoms. The third kappa shape index (κ3) is 3.68. The third-order valence-electron chi connectivity index (χ3n) is 5.48. The van der Waals surface area contributed by atoms with Crippen LogP contribution in [0, 0.1) is 0 Å². The van der Waals surface area contributed by atoms with E-state index in [1.807, 2.05) is 30.3 Å². The Balaban J connectivity index is 2.01. The number of carbonyl (C=O) groups is 1. The van der Waals surface area contributed by atoms with Crippen molar-refractivity contribution >= 4 is 29.3 Å². The summed E-state index contributed by atoms with van der Waals surface area (Å²) in [7, 11) is 0. The topological polar surface area (TPSA) is 63.3 Å². The Morgan fingerprint density at radius 2 is 1.59 bits per heavy atom. The number of carboxylic acid groups (broad SMARTS) is 1. The van der Waals surface area contributed by atoms with Crippen LogP contribution in [0.3, 0.4) is 0 Å². The number of hydrogen-bond acceptors (Lipinski definition) is 3. The van der Waals surface area contributed by atoms with Gasteiger partial charge in [-0.3, -0.25) is 4.79 Å². The first kappa shape index (κ1) is 20.0. The van der Waals surface area contributed by atoms with Crippen molar-refractivity contribution < 1.29 is 9.90 Å². The van der Waals surface area contributed by atoms with Crippen LogP contribution in [-0.4, -0.2) is 22.9 Å². The number of aryl methyl sites for hydroxylation is 2. The normalized spacial score (nSPS) is 15.7. The molecule has 0 spiro atoms. The number of hydrogen-bond donors (Lipinski definition) is 2. The van der Waals surface area contributed by atoms with Gasteiger partial charge in [0.25, 0.3) is 0 Å². The SMILES string of the molecule is N[C@@H](CSC1(c2cccc(Cl)c2)c2ccccc2CCc2ccccc21)C(=O)O. The van der Waals surface area contributed by atoms with Crippen molar-refractivity contribution in [2.75, 3.05) is 5.75 Å². The fourth-order valence-corrected chi connectivity index (χ4v) is 5.89. The van der Waals surface area contributed by atoms with Gasteiger partial charge < -0.3 is 10.8 Å². The van der Waals surface area contributed by atoms with Crippen LogP contribution in [0.2, 0.25) is 5.02 Å². The Kier molecular flexibility index (Phi) is 5.68. The zero-order valence-electron chi connectivity index (χ0n) is 15.8. The Morgan fingerprint density at radius 1 is 1.00 bits per heavy atom. The highest BCUT2D eigenvalue weighted by Crippen LogP contribution is 2.52. The molecule has 0 aromatic heterocycles. The van der Waals surface area contributed by atoms with E-state index in [4.69, 9.17) is 17.3 Å². The predicted octanol–water partition coefficient (Wildman–Crippen LogP) is 4.88. The highest BCUT2D eigenvalue weighted by Gasteiger charge is 2.42. The van der Waals surface area contributed by atoms with E-state index in [9.17, 15) is 9.90 Å². The summed E-state index contributed by atoms with van der Waals surface area (Å²) in [4.78, 5) is 11.5. The van der Waals surface area contributed by atoms with Gasteiger partial charge in [-0.25, -0.2) is 0 Å². The molecule has 0 radical (unpaired) electrons. The lowest BCUT2D eigenvalue weighted by atomic mass is 9.81. The van der Waals surface area contributed by atoms with Gasteiger partial charge in [-0.15, -0.1) is 11.8 Å². The maximum atomic E-state index is 11.5. The maximum Gasteiger partial charge on any atom is 0.321 e. The van der Waals surface area contributed by atoms with Crippen LogP contribution in [0.15, 0.2) is 72.8 Å². The van der Waals surface area contributed by atoms with E-state index in [2.05, 4.69) is 42.5 Å². The summed E-state index contributed by atoms with van der Waals surface area (Å²) in [6.07, 6.45) is 1.86. The van der Waals surface area contributed by atoms with Gasteiger partial charge in [-0.05, 0) is 52.8 Å². The van der Waals surface area contributed by atoms with Gasteiger partial charge in [0.1, 0.15) is 6.04 Å². The second-order valence-electron chi connectivity index (χ2n) is 7.26. The molecule has 148 valence electrons. The summed E-state index contributed by atoms with van der Waals surface area (Å²) >= 11 is 7.98. The van der Waals surface area contributed by atoms with E-state index in [1.165, 1.54) is 22.3 Å². The van der Waals surface area contributed by atoms with Crippen LogP contribution in [-0.2, 0) is 22.4 Å². The minimum atomic E-state index is -0.992. The van der Waals surface area contributed by atoms with Crippen LogP contribution < -0.4 is 5.73 Å². The van der Waals surface area contributed by atoms with Gasteiger partial charge in [0.2, 0.25) is 0 Å². The van der Waals surface area contributed by atoms with E-state index in [-0.39, 0.29) is 5.75 Å². The minimum Gasteiger partial charge on any atom is -0.480 e. The summed E-state index contributed by atoms with van der Waals surface area (Å²) in [5.41, 5.74) is 11.8. The summed E-state index contributed by atoms with van der Waals surface area (Å²) in [5, 5.41) is 10.1. The monoisotopic (exact) mass is 423 g/mol. The fraction of sp³-hybridized carbons (Fsp3) is 0.208. The molecule has 4 rings (SSSR count). The Morgan fingerprint density at radius 3 is 2.14 bits per heavy atom. The molecule has 0 saturated carbocycles. The minimum absolute atomic E-state index is 0.282. The lowest BCUT2D eigenvalue weighted by molar-refractivity contribution is -0.137. The van der Waals surface area contributed by atoms with Crippen LogP contribution in [0.5, 0.6) is 0 Å². The molecular formula is C24H22ClNO2S. The predicted molar refractivity (Wildman–Crippen MR) is 120 cm³/mol. The number of thioether (sulfide) groups is 1. The zero-order chi connectivity index (χ0) is 20.4. The van der Waals surface area contributed by atoms with Crippen LogP contribution in [0.4, 0.5) is 0 Å². The van der Waals surface area contributed by atoms with Crippen molar-refractivity contribution in [1.82, 2.24) is 0 Å². The molecule has 0 unspecified atom stereocenters. The van der Waals surface area contributed by atoms with Gasteiger partial charge in [-0.1, -0.05) is 72.3 Å².